The van der Waals surface area contributed by atoms with Crippen LogP contribution in [0.5, 0.6) is 0 Å². The van der Waals surface area contributed by atoms with Crippen molar-refractivity contribution in [3.05, 3.63) is 35.5 Å². The molecule has 4 heteroatoms. The fraction of sp³-hybridized carbons (Fsp3) is 0.600. The molecule has 4 fully saturated rings. The number of aliphatic hydroxyl groups excluding tert-OH is 1. The molecule has 0 saturated carbocycles. The quantitative estimate of drug-likeness (QED) is 0.809. The summed E-state index contributed by atoms with van der Waals surface area (Å²) in [6, 6.07) is 9.58. The predicted octanol–water partition coefficient (Wildman–Crippen LogP) is 2.45. The summed E-state index contributed by atoms with van der Waals surface area (Å²) in [5.74, 6) is 1.47. The Balaban J connectivity index is 1.57. The molecule has 0 aliphatic carbocycles. The number of aliphatic hydroxyl groups is 1. The summed E-state index contributed by atoms with van der Waals surface area (Å²) in [4.78, 5) is 2.45. The van der Waals surface area contributed by atoms with Gasteiger partial charge in [-0.15, -0.1) is 0 Å². The van der Waals surface area contributed by atoms with E-state index in [1.165, 1.54) is 28.6 Å². The number of para-hydroxylation sites is 1. The highest BCUT2D eigenvalue weighted by molar-refractivity contribution is 5.86. The van der Waals surface area contributed by atoms with Crippen LogP contribution in [0.1, 0.15) is 30.6 Å². The number of nitrogens with zero attached hydrogens (tertiary/aromatic N) is 2. The number of aryl methyl sites for hydroxylation is 1. The summed E-state index contributed by atoms with van der Waals surface area (Å²) < 4.78 is 8.43. The number of piperidine rings is 3. The maximum atomic E-state index is 11.1. The summed E-state index contributed by atoms with van der Waals surface area (Å²) in [6.45, 7) is 3.01. The van der Waals surface area contributed by atoms with Crippen LogP contribution in [0.3, 0.4) is 0 Å². The van der Waals surface area contributed by atoms with Crippen LogP contribution < -0.4 is 0 Å². The van der Waals surface area contributed by atoms with Crippen molar-refractivity contribution < 1.29 is 9.84 Å². The second-order valence-electron chi connectivity index (χ2n) is 8.27. The van der Waals surface area contributed by atoms with E-state index in [4.69, 9.17) is 4.74 Å². The topological polar surface area (TPSA) is 37.6 Å². The van der Waals surface area contributed by atoms with E-state index in [9.17, 15) is 5.11 Å². The minimum atomic E-state index is -0.350. The second kappa shape index (κ2) is 4.43. The standard InChI is InChI=1S/C20H24N2O2/c1-10-18-12-7-17-19-13(11-5-3-4-6-15(11)21(19)2)8-16(14(12)9-24-10)22(17)20(18)23/h3-6,10,12,14,16-18,20,23H,7-9H2,1-2H3/t10-,12+,14-,16-,17-,18-,20+/m0/s1. The fourth-order valence-corrected chi connectivity index (χ4v) is 6.58. The van der Waals surface area contributed by atoms with Gasteiger partial charge in [0.1, 0.15) is 6.23 Å². The Morgan fingerprint density at radius 1 is 1.21 bits per heavy atom. The van der Waals surface area contributed by atoms with Gasteiger partial charge in [0.05, 0.1) is 18.8 Å². The van der Waals surface area contributed by atoms with Gasteiger partial charge in [-0.25, -0.2) is 0 Å². The summed E-state index contributed by atoms with van der Waals surface area (Å²) in [5.41, 5.74) is 4.29. The number of fused-ring (bicyclic) bond motifs is 3. The van der Waals surface area contributed by atoms with Gasteiger partial charge in [0.25, 0.3) is 0 Å². The Morgan fingerprint density at radius 2 is 2.04 bits per heavy atom. The lowest BCUT2D eigenvalue weighted by molar-refractivity contribution is -0.275. The highest BCUT2D eigenvalue weighted by Crippen LogP contribution is 2.58. The van der Waals surface area contributed by atoms with Crippen LogP contribution in [0.25, 0.3) is 10.9 Å². The second-order valence-corrected chi connectivity index (χ2v) is 8.27. The zero-order valence-electron chi connectivity index (χ0n) is 14.2. The van der Waals surface area contributed by atoms with Gasteiger partial charge in [-0.1, -0.05) is 18.2 Å². The molecule has 4 saturated heterocycles. The number of aromatic nitrogens is 1. The molecule has 1 unspecified atom stereocenters. The number of hydrogen-bond acceptors (Lipinski definition) is 3. The first kappa shape index (κ1) is 13.9. The first-order valence-electron chi connectivity index (χ1n) is 9.30. The van der Waals surface area contributed by atoms with Crippen LogP contribution in [-0.2, 0) is 18.2 Å². The van der Waals surface area contributed by atoms with Crippen LogP contribution in [0.15, 0.2) is 24.3 Å². The molecule has 0 radical (unpaired) electrons. The highest BCUT2D eigenvalue weighted by atomic mass is 16.5. The summed E-state index contributed by atoms with van der Waals surface area (Å²) in [6.07, 6.45) is 2.05. The van der Waals surface area contributed by atoms with E-state index in [1.807, 2.05) is 0 Å². The molecule has 1 aromatic carbocycles. The molecule has 24 heavy (non-hydrogen) atoms. The third-order valence-corrected chi connectivity index (χ3v) is 7.51. The van der Waals surface area contributed by atoms with Crippen LogP contribution in [0.2, 0.25) is 0 Å². The first-order valence-corrected chi connectivity index (χ1v) is 9.30. The number of ether oxygens (including phenoxy) is 1. The summed E-state index contributed by atoms with van der Waals surface area (Å²) in [5, 5.41) is 12.5. The van der Waals surface area contributed by atoms with Crippen molar-refractivity contribution in [1.29, 1.82) is 0 Å². The van der Waals surface area contributed by atoms with Gasteiger partial charge in [-0.05, 0) is 37.3 Å². The van der Waals surface area contributed by atoms with Crippen molar-refractivity contribution >= 4 is 10.9 Å². The molecule has 6 bridgehead atoms. The minimum Gasteiger partial charge on any atom is -0.378 e. The Hall–Kier alpha value is -1.36. The largest absolute Gasteiger partial charge is 0.378 e. The van der Waals surface area contributed by atoms with Crippen molar-refractivity contribution in [2.24, 2.45) is 24.8 Å². The van der Waals surface area contributed by atoms with E-state index in [0.717, 1.165) is 13.0 Å². The Morgan fingerprint density at radius 3 is 2.92 bits per heavy atom. The zero-order chi connectivity index (χ0) is 16.2. The number of rotatable bonds is 0. The van der Waals surface area contributed by atoms with Gasteiger partial charge in [0, 0.05) is 41.5 Å². The molecule has 8 atom stereocenters. The third-order valence-electron chi connectivity index (χ3n) is 7.51. The Labute approximate surface area is 142 Å². The fourth-order valence-electron chi connectivity index (χ4n) is 6.58. The summed E-state index contributed by atoms with van der Waals surface area (Å²) >= 11 is 0. The monoisotopic (exact) mass is 324 g/mol. The smallest absolute Gasteiger partial charge is 0.113 e. The maximum absolute atomic E-state index is 11.1. The van der Waals surface area contributed by atoms with E-state index >= 15 is 0 Å². The van der Waals surface area contributed by atoms with Crippen molar-refractivity contribution in [2.45, 2.75) is 44.2 Å². The molecule has 4 nitrogen and oxygen atoms in total. The lowest BCUT2D eigenvalue weighted by atomic mass is 9.59. The molecule has 5 aliphatic rings. The van der Waals surface area contributed by atoms with Gasteiger partial charge in [-0.2, -0.15) is 0 Å². The Bertz CT molecular complexity index is 844. The summed E-state index contributed by atoms with van der Waals surface area (Å²) in [7, 11) is 2.20. The SMILES string of the molecule is C[C@@H]1OC[C@H]2[C@H]3C[C@H]4c5c(c6ccccc6n5C)C[C@@H]2N4[C@H](O)[C@H]31. The predicted molar refractivity (Wildman–Crippen MR) is 91.5 cm³/mol. The average Bonchev–Trinajstić information content (AvgIpc) is 2.87. The van der Waals surface area contributed by atoms with E-state index in [0.29, 0.717) is 23.9 Å². The molecule has 0 spiro atoms. The molecule has 2 aromatic rings. The van der Waals surface area contributed by atoms with Crippen LogP contribution in [0, 0.1) is 17.8 Å². The van der Waals surface area contributed by atoms with Gasteiger partial charge >= 0.3 is 0 Å². The third kappa shape index (κ3) is 1.43. The molecule has 6 heterocycles. The maximum Gasteiger partial charge on any atom is 0.113 e. The first-order chi connectivity index (χ1) is 11.7. The van der Waals surface area contributed by atoms with Crippen LogP contribution in [-0.4, -0.2) is 39.6 Å². The highest BCUT2D eigenvalue weighted by Gasteiger charge is 2.61. The number of hydrogen-bond donors (Lipinski definition) is 1. The van der Waals surface area contributed by atoms with Crippen LogP contribution in [0.4, 0.5) is 0 Å². The molecule has 1 N–H and O–H groups in total. The van der Waals surface area contributed by atoms with Crippen molar-refractivity contribution in [3.63, 3.8) is 0 Å². The van der Waals surface area contributed by atoms with E-state index < -0.39 is 0 Å². The molecule has 0 amide bonds. The van der Waals surface area contributed by atoms with Gasteiger partial charge in [0.2, 0.25) is 0 Å². The molecule has 126 valence electrons. The van der Waals surface area contributed by atoms with Gasteiger partial charge in [-0.3, -0.25) is 4.90 Å². The van der Waals surface area contributed by atoms with E-state index in [-0.39, 0.29) is 18.2 Å². The van der Waals surface area contributed by atoms with Gasteiger partial charge in [0.15, 0.2) is 0 Å². The van der Waals surface area contributed by atoms with Crippen molar-refractivity contribution in [3.8, 4) is 0 Å². The van der Waals surface area contributed by atoms with Crippen LogP contribution >= 0.6 is 0 Å². The molecular weight excluding hydrogens is 300 g/mol. The zero-order valence-corrected chi connectivity index (χ0v) is 14.2. The van der Waals surface area contributed by atoms with Crippen molar-refractivity contribution in [1.82, 2.24) is 9.47 Å². The number of benzene rings is 1. The van der Waals surface area contributed by atoms with Crippen molar-refractivity contribution in [2.75, 3.05) is 6.61 Å². The lowest BCUT2D eigenvalue weighted by Gasteiger charge is -2.65. The van der Waals surface area contributed by atoms with E-state index in [2.05, 4.69) is 47.7 Å². The lowest BCUT2D eigenvalue weighted by Crippen LogP contribution is -2.71. The average molecular weight is 324 g/mol. The van der Waals surface area contributed by atoms with E-state index in [1.54, 1.807) is 0 Å². The molecule has 5 aliphatic heterocycles. The molecule has 1 aromatic heterocycles. The molecule has 7 rings (SSSR count). The van der Waals surface area contributed by atoms with Gasteiger partial charge < -0.3 is 14.4 Å². The Kier molecular flexibility index (Phi) is 2.56. The minimum absolute atomic E-state index is 0.178. The normalized spacial score (nSPS) is 45.5. The molecular formula is C20H24N2O2.